The van der Waals surface area contributed by atoms with E-state index in [-0.39, 0.29) is 24.3 Å². The largest absolute Gasteiger partial charge is 0.478 e. The van der Waals surface area contributed by atoms with E-state index in [1.54, 1.807) is 0 Å². The van der Waals surface area contributed by atoms with Gasteiger partial charge in [-0.2, -0.15) is 0 Å². The van der Waals surface area contributed by atoms with Gasteiger partial charge in [-0.3, -0.25) is 9.13 Å². The highest BCUT2D eigenvalue weighted by Gasteiger charge is 2.55. The summed E-state index contributed by atoms with van der Waals surface area (Å²) in [6.45, 7) is 6.50. The second-order valence-corrected chi connectivity index (χ2v) is 8.67. The summed E-state index contributed by atoms with van der Waals surface area (Å²) in [6.07, 6.45) is 0.931. The van der Waals surface area contributed by atoms with Crippen molar-refractivity contribution >= 4 is 21.2 Å². The van der Waals surface area contributed by atoms with E-state index in [1.807, 2.05) is 0 Å². The molecule has 0 radical (unpaired) electrons. The molecular formula is C12H24N2O9P2. The quantitative estimate of drug-likeness (QED) is 0.0966. The highest BCUT2D eigenvalue weighted by Crippen LogP contribution is 2.53. The van der Waals surface area contributed by atoms with Crippen molar-refractivity contribution in [2.45, 2.75) is 36.6 Å². The van der Waals surface area contributed by atoms with E-state index in [0.717, 1.165) is 0 Å². The van der Waals surface area contributed by atoms with Crippen LogP contribution in [-0.2, 0) is 13.9 Å². The molecule has 25 heavy (non-hydrogen) atoms. The van der Waals surface area contributed by atoms with E-state index in [2.05, 4.69) is 13.2 Å². The number of unbranched alkanes of at least 4 members (excludes halogenated alkanes) is 1. The molecule has 0 aromatic heterocycles. The number of carboxylic acids is 1. The average Bonchev–Trinajstić information content (AvgIpc) is 2.44. The van der Waals surface area contributed by atoms with E-state index in [9.17, 15) is 43.7 Å². The van der Waals surface area contributed by atoms with Crippen molar-refractivity contribution in [3.63, 3.8) is 0 Å². The van der Waals surface area contributed by atoms with Crippen LogP contribution < -0.4 is 5.73 Å². The fraction of sp³-hybridized carbons (Fsp3) is 0.583. The lowest BCUT2D eigenvalue weighted by Gasteiger charge is -2.44. The van der Waals surface area contributed by atoms with Crippen molar-refractivity contribution in [1.82, 2.24) is 4.90 Å². The molecule has 0 aromatic carbocycles. The van der Waals surface area contributed by atoms with Gasteiger partial charge in [-0.15, -0.1) is 13.2 Å². The van der Waals surface area contributed by atoms with Gasteiger partial charge in [0.05, 0.1) is 0 Å². The monoisotopic (exact) mass is 402 g/mol. The number of carboxylic acid groups (broad SMARTS) is 1. The molecule has 0 spiro atoms. The third kappa shape index (κ3) is 6.10. The van der Waals surface area contributed by atoms with Gasteiger partial charge in [0.1, 0.15) is 11.6 Å². The van der Waals surface area contributed by atoms with E-state index in [1.165, 1.54) is 0 Å². The first-order chi connectivity index (χ1) is 11.3. The van der Waals surface area contributed by atoms with Crippen LogP contribution in [0.2, 0.25) is 0 Å². The Hall–Kier alpha value is -0.870. The van der Waals surface area contributed by atoms with Gasteiger partial charge in [0.15, 0.2) is 0 Å². The van der Waals surface area contributed by atoms with Crippen molar-refractivity contribution in [2.24, 2.45) is 5.73 Å². The summed E-state index contributed by atoms with van der Waals surface area (Å²) in [7, 11) is -10.4. The van der Waals surface area contributed by atoms with Crippen molar-refractivity contribution in [3.05, 3.63) is 25.3 Å². The molecule has 0 saturated carbocycles. The number of aliphatic hydroxyl groups is 1. The van der Waals surface area contributed by atoms with Crippen LogP contribution in [0.3, 0.4) is 0 Å². The van der Waals surface area contributed by atoms with Gasteiger partial charge in [-0.05, 0) is 19.4 Å². The zero-order valence-corrected chi connectivity index (χ0v) is 15.2. The maximum absolute atomic E-state index is 11.7. The lowest BCUT2D eigenvalue weighted by molar-refractivity contribution is -0.187. The van der Waals surface area contributed by atoms with Crippen molar-refractivity contribution in [3.8, 4) is 0 Å². The maximum atomic E-state index is 11.7. The Labute approximate surface area is 144 Å². The molecule has 11 nitrogen and oxygen atoms in total. The Morgan fingerprint density at radius 1 is 1.08 bits per heavy atom. The summed E-state index contributed by atoms with van der Waals surface area (Å²) >= 11 is 0. The van der Waals surface area contributed by atoms with E-state index < -0.39 is 44.9 Å². The first-order valence-electron chi connectivity index (χ1n) is 7.07. The number of hydrogen-bond acceptors (Lipinski definition) is 6. The Morgan fingerprint density at radius 2 is 1.48 bits per heavy atom. The Bertz CT molecular complexity index is 553. The summed E-state index contributed by atoms with van der Waals surface area (Å²) < 4.78 is 23.4. The van der Waals surface area contributed by atoms with Crippen LogP contribution in [0.1, 0.15) is 19.3 Å². The summed E-state index contributed by atoms with van der Waals surface area (Å²) in [5.41, 5.74) is 2.29. The maximum Gasteiger partial charge on any atom is 0.351 e. The fourth-order valence-electron chi connectivity index (χ4n) is 2.28. The molecular weight excluding hydrogens is 378 g/mol. The van der Waals surface area contributed by atoms with E-state index in [0.29, 0.717) is 12.2 Å². The zero-order valence-electron chi connectivity index (χ0n) is 13.4. The first-order valence-corrected chi connectivity index (χ1v) is 10.4. The molecule has 2 unspecified atom stereocenters. The second-order valence-electron chi connectivity index (χ2n) is 5.25. The highest BCUT2D eigenvalue weighted by atomic mass is 31.2. The Balaban J connectivity index is 6.45. The van der Waals surface area contributed by atoms with Crippen molar-refractivity contribution in [2.75, 3.05) is 6.54 Å². The van der Waals surface area contributed by atoms with Gasteiger partial charge in [0.25, 0.3) is 0 Å². The number of hydrogen-bond donors (Lipinski definition) is 7. The summed E-state index contributed by atoms with van der Waals surface area (Å²) in [4.78, 5) is 49.6. The molecule has 0 rings (SSSR count). The van der Waals surface area contributed by atoms with Gasteiger partial charge < -0.3 is 35.5 Å². The molecule has 0 aliphatic rings. The normalized spacial score (nSPS) is 17.6. The summed E-state index contributed by atoms with van der Waals surface area (Å²) in [5.74, 6) is -6.30. The molecule has 0 bridgehead atoms. The standard InChI is InChI=1S/C12H24N2O9P2/c1-3-9(24(18,19)20)14(10(4-2)25(21,22)23)12(17,11(15)16)7-5-6-8-13/h3-4,9-10,17H,1-2,5-8,13H2,(H,15,16)(H2,18,19,20)(H2,21,22,23)/t9?,10?,12-/m1/s1. The van der Waals surface area contributed by atoms with Gasteiger partial charge in [-0.1, -0.05) is 12.2 Å². The number of nitrogens with zero attached hydrogens (tertiary/aromatic N) is 1. The predicted molar refractivity (Wildman–Crippen MR) is 89.4 cm³/mol. The highest BCUT2D eigenvalue weighted by molar-refractivity contribution is 7.53. The molecule has 146 valence electrons. The van der Waals surface area contributed by atoms with Crippen molar-refractivity contribution in [1.29, 1.82) is 0 Å². The molecule has 8 N–H and O–H groups in total. The molecule has 0 saturated heterocycles. The van der Waals surface area contributed by atoms with Crippen molar-refractivity contribution < 1.29 is 43.7 Å². The molecule has 0 fully saturated rings. The predicted octanol–water partition coefficient (Wildman–Crippen LogP) is -0.430. The van der Waals surface area contributed by atoms with Crippen LogP contribution in [0.25, 0.3) is 0 Å². The van der Waals surface area contributed by atoms with Gasteiger partial charge in [0.2, 0.25) is 5.72 Å². The van der Waals surface area contributed by atoms with Crippen LogP contribution in [0.15, 0.2) is 25.3 Å². The van der Waals surface area contributed by atoms with E-state index in [4.69, 9.17) is 5.73 Å². The SMILES string of the molecule is C=CC(N(C(C=C)P(=O)(O)O)[C@@](O)(CCCCN)C(=O)O)P(=O)(O)O. The topological polar surface area (TPSA) is 202 Å². The van der Waals surface area contributed by atoms with Crippen LogP contribution in [0.5, 0.6) is 0 Å². The summed E-state index contributed by atoms with van der Waals surface area (Å²) in [5, 5.41) is 20.0. The fourth-order valence-corrected chi connectivity index (χ4v) is 4.25. The third-order valence-corrected chi connectivity index (χ3v) is 5.73. The number of carbonyl (C=O) groups is 1. The molecule has 0 aliphatic heterocycles. The second kappa shape index (κ2) is 9.18. The molecule has 0 aliphatic carbocycles. The Morgan fingerprint density at radius 3 is 1.72 bits per heavy atom. The first kappa shape index (κ1) is 24.1. The lowest BCUT2D eigenvalue weighted by atomic mass is 10.0. The smallest absolute Gasteiger partial charge is 0.351 e. The van der Waals surface area contributed by atoms with Crippen LogP contribution >= 0.6 is 15.2 Å². The van der Waals surface area contributed by atoms with Gasteiger partial charge >= 0.3 is 21.2 Å². The minimum atomic E-state index is -5.18. The third-order valence-electron chi connectivity index (χ3n) is 3.43. The van der Waals surface area contributed by atoms with Crippen LogP contribution in [-0.4, -0.2) is 64.5 Å². The minimum Gasteiger partial charge on any atom is -0.478 e. The Kier molecular flexibility index (Phi) is 8.86. The number of nitrogens with two attached hydrogens (primary N) is 1. The van der Waals surface area contributed by atoms with E-state index >= 15 is 0 Å². The van der Waals surface area contributed by atoms with Gasteiger partial charge in [0, 0.05) is 6.42 Å². The summed E-state index contributed by atoms with van der Waals surface area (Å²) in [6, 6.07) is 0. The minimum absolute atomic E-state index is 0.0197. The number of aliphatic carboxylic acids is 1. The molecule has 0 amide bonds. The van der Waals surface area contributed by atoms with Crippen LogP contribution in [0, 0.1) is 0 Å². The van der Waals surface area contributed by atoms with Gasteiger partial charge in [-0.25, -0.2) is 9.69 Å². The average molecular weight is 402 g/mol. The molecule has 3 atom stereocenters. The molecule has 0 aromatic rings. The molecule has 13 heteroatoms. The van der Waals surface area contributed by atoms with Crippen LogP contribution in [0.4, 0.5) is 0 Å². The zero-order chi connectivity index (χ0) is 20.1. The lowest BCUT2D eigenvalue weighted by Crippen LogP contribution is -2.61. The number of rotatable bonds is 12. The molecule has 0 heterocycles.